The lowest BCUT2D eigenvalue weighted by Gasteiger charge is -2.11. The van der Waals surface area contributed by atoms with Crippen molar-refractivity contribution in [3.8, 4) is 5.75 Å². The van der Waals surface area contributed by atoms with Gasteiger partial charge in [0.05, 0.1) is 7.11 Å². The van der Waals surface area contributed by atoms with Crippen LogP contribution in [0.1, 0.15) is 37.7 Å². The van der Waals surface area contributed by atoms with Crippen LogP contribution in [0.25, 0.3) is 0 Å². The van der Waals surface area contributed by atoms with E-state index >= 15 is 0 Å². The van der Waals surface area contributed by atoms with E-state index in [1.165, 1.54) is 7.11 Å². The third-order valence-corrected chi connectivity index (χ3v) is 4.21. The van der Waals surface area contributed by atoms with Gasteiger partial charge >= 0.3 is 0 Å². The smallest absolute Gasteiger partial charge is 0.224 e. The molecule has 0 spiro atoms. The first kappa shape index (κ1) is 21.3. The van der Waals surface area contributed by atoms with Crippen molar-refractivity contribution in [3.63, 3.8) is 0 Å². The molecule has 0 saturated carbocycles. The van der Waals surface area contributed by atoms with Crippen LogP contribution in [-0.4, -0.2) is 25.5 Å². The fraction of sp³-hybridized carbons (Fsp3) is 0.333. The van der Waals surface area contributed by atoms with Gasteiger partial charge in [0.25, 0.3) is 0 Å². The molecular weight excluding hydrogens is 366 g/mol. The van der Waals surface area contributed by atoms with E-state index in [-0.39, 0.29) is 36.1 Å². The Labute approximate surface area is 163 Å². The lowest BCUT2D eigenvalue weighted by atomic mass is 9.97. The van der Waals surface area contributed by atoms with Crippen LogP contribution in [0.3, 0.4) is 0 Å². The molecule has 150 valence electrons. The van der Waals surface area contributed by atoms with Gasteiger partial charge in [-0.1, -0.05) is 25.1 Å². The number of rotatable bonds is 5. The van der Waals surface area contributed by atoms with Crippen molar-refractivity contribution in [1.82, 2.24) is 5.32 Å². The average molecular weight is 390 g/mol. The molecule has 1 unspecified atom stereocenters. The van der Waals surface area contributed by atoms with E-state index in [1.807, 2.05) is 37.3 Å². The Morgan fingerprint density at radius 1 is 1.21 bits per heavy atom. The highest BCUT2D eigenvalue weighted by molar-refractivity contribution is 5.90. The molecule has 0 aromatic heterocycles. The number of nitrogens with one attached hydrogen (secondary N) is 2. The molecule has 0 aliphatic carbocycles. The van der Waals surface area contributed by atoms with Crippen molar-refractivity contribution in [2.24, 2.45) is 0 Å². The van der Waals surface area contributed by atoms with Gasteiger partial charge in [0, 0.05) is 48.7 Å². The van der Waals surface area contributed by atoms with E-state index in [0.29, 0.717) is 6.42 Å². The molecule has 7 heteroatoms. The number of hydrogen-bond donors (Lipinski definition) is 2. The molecule has 1 saturated heterocycles. The Morgan fingerprint density at radius 3 is 2.36 bits per heavy atom. The van der Waals surface area contributed by atoms with Crippen molar-refractivity contribution >= 4 is 17.5 Å². The summed E-state index contributed by atoms with van der Waals surface area (Å²) in [5.74, 6) is -1.73. The van der Waals surface area contributed by atoms with Crippen LogP contribution in [-0.2, 0) is 9.59 Å². The van der Waals surface area contributed by atoms with Gasteiger partial charge in [-0.2, -0.15) is 0 Å². The van der Waals surface area contributed by atoms with Gasteiger partial charge in [0.15, 0.2) is 0 Å². The van der Waals surface area contributed by atoms with E-state index < -0.39 is 17.6 Å². The predicted octanol–water partition coefficient (Wildman–Crippen LogP) is 4.00. The minimum Gasteiger partial charge on any atom is -0.497 e. The van der Waals surface area contributed by atoms with Crippen LogP contribution < -0.4 is 15.4 Å². The minimum atomic E-state index is -0.668. The zero-order chi connectivity index (χ0) is 20.5. The summed E-state index contributed by atoms with van der Waals surface area (Å²) in [5.41, 5.74) is 0.829. The van der Waals surface area contributed by atoms with Crippen molar-refractivity contribution in [1.29, 1.82) is 0 Å². The number of carbonyl (C=O) groups excluding carboxylic acids is 2. The second-order valence-electron chi connectivity index (χ2n) is 6.37. The molecule has 3 rings (SSSR count). The third kappa shape index (κ3) is 6.04. The molecule has 1 aliphatic heterocycles. The summed E-state index contributed by atoms with van der Waals surface area (Å²) in [6, 6.07) is 11.8. The molecule has 1 atom stereocenters. The van der Waals surface area contributed by atoms with Gasteiger partial charge < -0.3 is 15.4 Å². The number of para-hydroxylation sites is 1. The first-order valence-electron chi connectivity index (χ1n) is 9.09. The Kier molecular flexibility index (Phi) is 7.92. The lowest BCUT2D eigenvalue weighted by molar-refractivity contribution is -0.119. The molecule has 2 N–H and O–H groups in total. The van der Waals surface area contributed by atoms with Gasteiger partial charge in [0.2, 0.25) is 11.8 Å². The number of methoxy groups -OCH3 is 1. The number of benzene rings is 2. The summed E-state index contributed by atoms with van der Waals surface area (Å²) in [5, 5.41) is 5.35. The van der Waals surface area contributed by atoms with E-state index in [2.05, 4.69) is 10.6 Å². The molecule has 1 aliphatic rings. The summed E-state index contributed by atoms with van der Waals surface area (Å²) in [6.07, 6.45) is 1.60. The molecule has 0 bridgehead atoms. The number of amides is 2. The second kappa shape index (κ2) is 10.4. The summed E-state index contributed by atoms with van der Waals surface area (Å²) >= 11 is 0. The van der Waals surface area contributed by atoms with Crippen LogP contribution in [0, 0.1) is 11.6 Å². The van der Waals surface area contributed by atoms with Crippen LogP contribution >= 0.6 is 0 Å². The van der Waals surface area contributed by atoms with Crippen molar-refractivity contribution in [2.45, 2.75) is 32.1 Å². The molecule has 28 heavy (non-hydrogen) atoms. The van der Waals surface area contributed by atoms with Crippen LogP contribution in [0.15, 0.2) is 42.5 Å². The average Bonchev–Trinajstić information content (AvgIpc) is 3.08. The summed E-state index contributed by atoms with van der Waals surface area (Å²) < 4.78 is 32.0. The maximum atomic E-state index is 13.6. The van der Waals surface area contributed by atoms with Crippen LogP contribution in [0.2, 0.25) is 0 Å². The Morgan fingerprint density at radius 2 is 1.86 bits per heavy atom. The monoisotopic (exact) mass is 390 g/mol. The predicted molar refractivity (Wildman–Crippen MR) is 103 cm³/mol. The largest absolute Gasteiger partial charge is 0.497 e. The molecule has 2 aromatic rings. The normalized spacial score (nSPS) is 15.3. The molecular formula is C21H24F2N2O3. The molecule has 1 fully saturated rings. The highest BCUT2D eigenvalue weighted by atomic mass is 19.1. The van der Waals surface area contributed by atoms with Gasteiger partial charge in [-0.3, -0.25) is 9.59 Å². The number of anilines is 1. The zero-order valence-corrected chi connectivity index (χ0v) is 15.9. The molecule has 0 radical (unpaired) electrons. The fourth-order valence-corrected chi connectivity index (χ4v) is 2.85. The summed E-state index contributed by atoms with van der Waals surface area (Å²) in [7, 11) is 1.34. The van der Waals surface area contributed by atoms with Gasteiger partial charge in [0.1, 0.15) is 17.4 Å². The minimum absolute atomic E-state index is 0.0425. The Hall–Kier alpha value is -2.96. The van der Waals surface area contributed by atoms with E-state index in [0.717, 1.165) is 24.2 Å². The lowest BCUT2D eigenvalue weighted by Crippen LogP contribution is -2.14. The molecule has 2 amide bonds. The van der Waals surface area contributed by atoms with Gasteiger partial charge in [-0.25, -0.2) is 8.78 Å². The van der Waals surface area contributed by atoms with Crippen LogP contribution in [0.4, 0.5) is 14.5 Å². The highest BCUT2D eigenvalue weighted by Gasteiger charge is 2.28. The zero-order valence-electron chi connectivity index (χ0n) is 15.9. The number of ether oxygens (including phenoxy) is 1. The SMILES string of the molecule is CCCC(=O)Nc1ccccc1.COc1cc(F)c(C2CNC(=O)C2)c(F)c1. The van der Waals surface area contributed by atoms with Crippen molar-refractivity contribution in [3.05, 3.63) is 59.7 Å². The third-order valence-electron chi connectivity index (χ3n) is 4.21. The number of carbonyl (C=O) groups is 2. The maximum Gasteiger partial charge on any atom is 0.224 e. The molecule has 2 aromatic carbocycles. The van der Waals surface area contributed by atoms with Gasteiger partial charge in [-0.05, 0) is 18.6 Å². The summed E-state index contributed by atoms with van der Waals surface area (Å²) in [4.78, 5) is 22.1. The van der Waals surface area contributed by atoms with E-state index in [1.54, 1.807) is 0 Å². The topological polar surface area (TPSA) is 67.4 Å². The standard InChI is InChI=1S/C11H11F2NO2.C10H13NO/c1-16-7-3-8(12)11(9(13)4-7)6-2-10(15)14-5-6;1-2-6-10(12)11-9-7-4-3-5-8-9/h3-4,6H,2,5H2,1H3,(H,14,15);3-5,7-8H,2,6H2,1H3,(H,11,12). The quantitative estimate of drug-likeness (QED) is 0.811. The summed E-state index contributed by atoms with van der Waals surface area (Å²) in [6.45, 7) is 2.27. The van der Waals surface area contributed by atoms with E-state index in [9.17, 15) is 18.4 Å². The van der Waals surface area contributed by atoms with Crippen molar-refractivity contribution in [2.75, 3.05) is 19.0 Å². The number of hydrogen-bond acceptors (Lipinski definition) is 3. The maximum absolute atomic E-state index is 13.6. The van der Waals surface area contributed by atoms with Gasteiger partial charge in [-0.15, -0.1) is 0 Å². The van der Waals surface area contributed by atoms with Crippen LogP contribution in [0.5, 0.6) is 5.75 Å². The Bertz CT molecular complexity index is 790. The first-order valence-corrected chi connectivity index (χ1v) is 9.09. The second-order valence-corrected chi connectivity index (χ2v) is 6.37. The first-order chi connectivity index (χ1) is 13.4. The molecule has 5 nitrogen and oxygen atoms in total. The number of halogens is 2. The Balaban J connectivity index is 0.000000209. The fourth-order valence-electron chi connectivity index (χ4n) is 2.85. The molecule has 1 heterocycles. The van der Waals surface area contributed by atoms with E-state index in [4.69, 9.17) is 4.74 Å². The highest BCUT2D eigenvalue weighted by Crippen LogP contribution is 2.30. The van der Waals surface area contributed by atoms with Crippen molar-refractivity contribution < 1.29 is 23.1 Å².